The third-order valence-electron chi connectivity index (χ3n) is 4.17. The van der Waals surface area contributed by atoms with Gasteiger partial charge in [0.2, 0.25) is 5.91 Å². The Hall–Kier alpha value is -2.98. The van der Waals surface area contributed by atoms with Crippen LogP contribution in [0.15, 0.2) is 59.6 Å². The molecule has 2 N–H and O–H groups in total. The van der Waals surface area contributed by atoms with Gasteiger partial charge in [-0.05, 0) is 49.4 Å². The molecule has 6 nitrogen and oxygen atoms in total. The molecule has 0 bridgehead atoms. The summed E-state index contributed by atoms with van der Waals surface area (Å²) >= 11 is 7.07. The molecule has 3 rings (SSSR count). The number of carbonyl (C=O) groups excluding carboxylic acids is 2. The maximum Gasteiger partial charge on any atom is 0.416 e. The molecule has 31 heavy (non-hydrogen) atoms. The number of benzene rings is 2. The van der Waals surface area contributed by atoms with Crippen LogP contribution in [0.1, 0.15) is 21.6 Å². The van der Waals surface area contributed by atoms with E-state index < -0.39 is 23.6 Å². The summed E-state index contributed by atoms with van der Waals surface area (Å²) in [5, 5.41) is 4.59. The second-order valence-electron chi connectivity index (χ2n) is 6.35. The summed E-state index contributed by atoms with van der Waals surface area (Å²) < 4.78 is 40.0. The highest BCUT2D eigenvalue weighted by molar-refractivity contribution is 8.00. The molecule has 11 heteroatoms. The fraction of sp³-hybridized carbons (Fsp3) is 0.150. The van der Waals surface area contributed by atoms with Crippen LogP contribution in [-0.4, -0.2) is 27.3 Å². The Morgan fingerprint density at radius 2 is 1.84 bits per heavy atom. The van der Waals surface area contributed by atoms with Gasteiger partial charge in [-0.3, -0.25) is 20.4 Å². The molecule has 0 aliphatic carbocycles. The van der Waals surface area contributed by atoms with Gasteiger partial charge >= 0.3 is 6.18 Å². The van der Waals surface area contributed by atoms with E-state index in [2.05, 4.69) is 16.0 Å². The maximum atomic E-state index is 12.9. The first-order chi connectivity index (χ1) is 14.6. The van der Waals surface area contributed by atoms with E-state index in [4.69, 9.17) is 11.6 Å². The highest BCUT2D eigenvalue weighted by Crippen LogP contribution is 2.30. The van der Waals surface area contributed by atoms with Gasteiger partial charge in [0.05, 0.1) is 34.5 Å². The first-order valence-corrected chi connectivity index (χ1v) is 10.2. The Bertz CT molecular complexity index is 1100. The molecule has 0 fully saturated rings. The van der Waals surface area contributed by atoms with Crippen molar-refractivity contribution in [2.75, 3.05) is 5.75 Å². The summed E-state index contributed by atoms with van der Waals surface area (Å²) in [5.74, 6) is -1.01. The van der Waals surface area contributed by atoms with Crippen molar-refractivity contribution < 1.29 is 22.8 Å². The normalized spacial score (nSPS) is 11.3. The highest BCUT2D eigenvalue weighted by atomic mass is 35.5. The molecule has 0 aliphatic rings. The summed E-state index contributed by atoms with van der Waals surface area (Å²) in [6.45, 7) is 1.54. The van der Waals surface area contributed by atoms with Crippen LogP contribution in [0.2, 0.25) is 5.02 Å². The molecule has 0 radical (unpaired) electrons. The first kappa shape index (κ1) is 22.7. The van der Waals surface area contributed by atoms with Gasteiger partial charge in [0.25, 0.3) is 5.91 Å². The molecule has 0 aliphatic heterocycles. The third kappa shape index (κ3) is 5.80. The van der Waals surface area contributed by atoms with Gasteiger partial charge in [-0.2, -0.15) is 18.3 Å². The molecule has 0 unspecified atom stereocenters. The van der Waals surface area contributed by atoms with Gasteiger partial charge in [0.15, 0.2) is 0 Å². The Kier molecular flexibility index (Phi) is 6.91. The molecule has 1 aromatic heterocycles. The van der Waals surface area contributed by atoms with E-state index in [0.29, 0.717) is 10.7 Å². The van der Waals surface area contributed by atoms with Crippen LogP contribution in [0.25, 0.3) is 5.69 Å². The number of nitrogens with zero attached hydrogens (tertiary/aromatic N) is 2. The SMILES string of the molecule is Cc1c(C(=O)NNC(=O)CSc2ccc(Cl)cc2)cnn1-c1cccc(C(F)(F)F)c1. The van der Waals surface area contributed by atoms with Crippen LogP contribution in [0.4, 0.5) is 13.2 Å². The van der Waals surface area contributed by atoms with Crippen LogP contribution in [0.3, 0.4) is 0 Å². The topological polar surface area (TPSA) is 76.0 Å². The number of alkyl halides is 3. The van der Waals surface area contributed by atoms with Gasteiger partial charge in [-0.1, -0.05) is 17.7 Å². The second-order valence-corrected chi connectivity index (χ2v) is 7.83. The van der Waals surface area contributed by atoms with Crippen molar-refractivity contribution in [3.8, 4) is 5.69 Å². The van der Waals surface area contributed by atoms with E-state index >= 15 is 0 Å². The fourth-order valence-corrected chi connectivity index (χ4v) is 3.44. The number of aromatic nitrogens is 2. The number of hydrogen-bond acceptors (Lipinski definition) is 4. The zero-order valence-electron chi connectivity index (χ0n) is 16.0. The minimum absolute atomic E-state index is 0.0599. The lowest BCUT2D eigenvalue weighted by Gasteiger charge is -2.10. The quantitative estimate of drug-likeness (QED) is 0.429. The monoisotopic (exact) mass is 468 g/mol. The number of nitrogens with one attached hydrogen (secondary N) is 2. The standard InChI is InChI=1S/C20H16ClF3N4O2S/c1-12-17(10-25-28(12)15-4-2-3-13(9-15)20(22,23)24)19(30)27-26-18(29)11-31-16-7-5-14(21)6-8-16/h2-10H,11H2,1H3,(H,26,29)(H,27,30). The Morgan fingerprint density at radius 1 is 1.13 bits per heavy atom. The van der Waals surface area contributed by atoms with Crippen LogP contribution < -0.4 is 10.9 Å². The Labute approximate surface area is 184 Å². The summed E-state index contributed by atoms with van der Waals surface area (Å²) in [6, 6.07) is 11.5. The molecule has 162 valence electrons. The van der Waals surface area contributed by atoms with Crippen molar-refractivity contribution in [2.45, 2.75) is 18.0 Å². The van der Waals surface area contributed by atoms with Crippen molar-refractivity contribution in [3.63, 3.8) is 0 Å². The molecule has 1 heterocycles. The lowest BCUT2D eigenvalue weighted by Crippen LogP contribution is -2.42. The molecule has 2 aromatic carbocycles. The number of halogens is 4. The van der Waals surface area contributed by atoms with Crippen LogP contribution in [0, 0.1) is 6.92 Å². The highest BCUT2D eigenvalue weighted by Gasteiger charge is 2.30. The van der Waals surface area contributed by atoms with Gasteiger partial charge < -0.3 is 0 Å². The minimum atomic E-state index is -4.49. The van der Waals surface area contributed by atoms with Crippen molar-refractivity contribution in [1.29, 1.82) is 0 Å². The molecule has 0 spiro atoms. The predicted octanol–water partition coefficient (Wildman–Crippen LogP) is 4.41. The molecule has 0 atom stereocenters. The van der Waals surface area contributed by atoms with Crippen molar-refractivity contribution >= 4 is 35.2 Å². The smallest absolute Gasteiger partial charge is 0.272 e. The van der Waals surface area contributed by atoms with Crippen molar-refractivity contribution in [3.05, 3.63) is 76.6 Å². The lowest BCUT2D eigenvalue weighted by atomic mass is 10.2. The summed E-state index contributed by atoms with van der Waals surface area (Å²) in [7, 11) is 0. The van der Waals surface area contributed by atoms with Crippen LogP contribution in [0.5, 0.6) is 0 Å². The average molecular weight is 469 g/mol. The molecule has 3 aromatic rings. The van der Waals surface area contributed by atoms with Gasteiger partial charge in [-0.15, -0.1) is 11.8 Å². The number of carbonyl (C=O) groups is 2. The number of thioether (sulfide) groups is 1. The number of amides is 2. The molecule has 0 saturated carbocycles. The van der Waals surface area contributed by atoms with E-state index in [9.17, 15) is 22.8 Å². The number of hydrogen-bond donors (Lipinski definition) is 2. The summed E-state index contributed by atoms with van der Waals surface area (Å²) in [4.78, 5) is 25.2. The molecular weight excluding hydrogens is 453 g/mol. The van der Waals surface area contributed by atoms with E-state index in [-0.39, 0.29) is 17.0 Å². The van der Waals surface area contributed by atoms with E-state index in [1.807, 2.05) is 0 Å². The fourth-order valence-electron chi connectivity index (χ4n) is 2.62. The van der Waals surface area contributed by atoms with Gasteiger partial charge in [-0.25, -0.2) is 4.68 Å². The van der Waals surface area contributed by atoms with Gasteiger partial charge in [0.1, 0.15) is 0 Å². The minimum Gasteiger partial charge on any atom is -0.272 e. The van der Waals surface area contributed by atoms with Gasteiger partial charge in [0, 0.05) is 9.92 Å². The lowest BCUT2D eigenvalue weighted by molar-refractivity contribution is -0.137. The van der Waals surface area contributed by atoms with E-state index in [0.717, 1.165) is 17.0 Å². The first-order valence-electron chi connectivity index (χ1n) is 8.85. The Morgan fingerprint density at radius 3 is 2.52 bits per heavy atom. The zero-order valence-corrected chi connectivity index (χ0v) is 17.6. The molecule has 2 amide bonds. The van der Waals surface area contributed by atoms with Crippen molar-refractivity contribution in [2.24, 2.45) is 0 Å². The van der Waals surface area contributed by atoms with E-state index in [1.54, 1.807) is 31.2 Å². The molecule has 0 saturated heterocycles. The summed E-state index contributed by atoms with van der Waals surface area (Å²) in [6.07, 6.45) is -3.27. The third-order valence-corrected chi connectivity index (χ3v) is 5.44. The number of rotatable bonds is 5. The second kappa shape index (κ2) is 9.44. The van der Waals surface area contributed by atoms with Crippen LogP contribution >= 0.6 is 23.4 Å². The van der Waals surface area contributed by atoms with Crippen LogP contribution in [-0.2, 0) is 11.0 Å². The largest absolute Gasteiger partial charge is 0.416 e. The van der Waals surface area contributed by atoms with Crippen molar-refractivity contribution in [1.82, 2.24) is 20.6 Å². The zero-order chi connectivity index (χ0) is 22.6. The summed E-state index contributed by atoms with van der Waals surface area (Å²) in [5.41, 5.74) is 4.35. The molecular formula is C20H16ClF3N4O2S. The average Bonchev–Trinajstić information content (AvgIpc) is 3.12. The number of hydrazine groups is 1. The van der Waals surface area contributed by atoms with E-state index in [1.165, 1.54) is 34.8 Å². The maximum absolute atomic E-state index is 12.9. The predicted molar refractivity (Wildman–Crippen MR) is 111 cm³/mol. The Balaban J connectivity index is 1.61.